The molecular formula is C22H27NO6S. The summed E-state index contributed by atoms with van der Waals surface area (Å²) in [4.78, 5) is 24.4. The Morgan fingerprint density at radius 2 is 1.70 bits per heavy atom. The molecule has 0 atom stereocenters. The van der Waals surface area contributed by atoms with Gasteiger partial charge >= 0.3 is 16.1 Å². The molecule has 8 heteroatoms. The van der Waals surface area contributed by atoms with Gasteiger partial charge in [0.05, 0.1) is 0 Å². The molecule has 0 unspecified atom stereocenters. The van der Waals surface area contributed by atoms with Crippen LogP contribution in [0.3, 0.4) is 0 Å². The fourth-order valence-corrected chi connectivity index (χ4v) is 4.08. The summed E-state index contributed by atoms with van der Waals surface area (Å²) < 4.78 is 35.8. The van der Waals surface area contributed by atoms with E-state index in [-0.39, 0.29) is 22.3 Å². The Hall–Kier alpha value is -2.87. The standard InChI is InChI=1S/C22H27NO6S/c1-5-17(6-2)23-21(24)14-28-22(25)18-9-7-8-10-19(18)29-30(26,27)20-13-15(3)11-12-16(20)4/h7-13,17H,5-6,14H2,1-4H3,(H,23,24). The van der Waals surface area contributed by atoms with E-state index < -0.39 is 28.6 Å². The van der Waals surface area contributed by atoms with Gasteiger partial charge in [-0.25, -0.2) is 4.79 Å². The maximum atomic E-state index is 12.8. The van der Waals surface area contributed by atoms with Gasteiger partial charge in [0.1, 0.15) is 10.5 Å². The molecule has 0 saturated heterocycles. The van der Waals surface area contributed by atoms with Crippen molar-refractivity contribution >= 4 is 22.0 Å². The van der Waals surface area contributed by atoms with Gasteiger partial charge in [-0.3, -0.25) is 4.79 Å². The first-order chi connectivity index (χ1) is 14.2. The van der Waals surface area contributed by atoms with Crippen LogP contribution in [-0.2, 0) is 19.6 Å². The number of esters is 1. The number of ether oxygens (including phenoxy) is 1. The zero-order valence-electron chi connectivity index (χ0n) is 17.6. The Labute approximate surface area is 177 Å². The van der Waals surface area contributed by atoms with Crippen molar-refractivity contribution in [2.45, 2.75) is 51.5 Å². The summed E-state index contributed by atoms with van der Waals surface area (Å²) in [5.74, 6) is -1.43. The van der Waals surface area contributed by atoms with Gasteiger partial charge in [-0.15, -0.1) is 0 Å². The molecule has 1 N–H and O–H groups in total. The zero-order valence-corrected chi connectivity index (χ0v) is 18.4. The van der Waals surface area contributed by atoms with E-state index in [1.807, 2.05) is 13.8 Å². The summed E-state index contributed by atoms with van der Waals surface area (Å²) in [5.41, 5.74) is 1.21. The van der Waals surface area contributed by atoms with Crippen molar-refractivity contribution in [3.05, 3.63) is 59.2 Å². The fourth-order valence-electron chi connectivity index (χ4n) is 2.82. The fraction of sp³-hybridized carbons (Fsp3) is 0.364. The van der Waals surface area contributed by atoms with Crippen LogP contribution in [0.25, 0.3) is 0 Å². The van der Waals surface area contributed by atoms with Crippen molar-refractivity contribution in [2.75, 3.05) is 6.61 Å². The van der Waals surface area contributed by atoms with Crippen LogP contribution in [0.4, 0.5) is 0 Å². The first-order valence-corrected chi connectivity index (χ1v) is 11.2. The smallest absolute Gasteiger partial charge is 0.342 e. The first kappa shape index (κ1) is 23.4. The van der Waals surface area contributed by atoms with Crippen LogP contribution in [0.1, 0.15) is 48.2 Å². The van der Waals surface area contributed by atoms with E-state index in [0.29, 0.717) is 5.56 Å². The van der Waals surface area contributed by atoms with E-state index >= 15 is 0 Å². The first-order valence-electron chi connectivity index (χ1n) is 9.75. The van der Waals surface area contributed by atoms with Crippen LogP contribution >= 0.6 is 0 Å². The van der Waals surface area contributed by atoms with Crippen LogP contribution in [-0.4, -0.2) is 32.9 Å². The number of carbonyl (C=O) groups excluding carboxylic acids is 2. The highest BCUT2D eigenvalue weighted by Gasteiger charge is 2.24. The van der Waals surface area contributed by atoms with Crippen LogP contribution in [0.5, 0.6) is 5.75 Å². The molecule has 7 nitrogen and oxygen atoms in total. The van der Waals surface area contributed by atoms with Gasteiger partial charge in [-0.1, -0.05) is 38.1 Å². The van der Waals surface area contributed by atoms with Gasteiger partial charge in [-0.2, -0.15) is 8.42 Å². The van der Waals surface area contributed by atoms with E-state index in [1.54, 1.807) is 38.1 Å². The lowest BCUT2D eigenvalue weighted by atomic mass is 10.2. The summed E-state index contributed by atoms with van der Waals surface area (Å²) in [5, 5.41) is 2.77. The summed E-state index contributed by atoms with van der Waals surface area (Å²) >= 11 is 0. The molecule has 2 aromatic carbocycles. The Balaban J connectivity index is 2.16. The normalized spacial score (nSPS) is 11.2. The lowest BCUT2D eigenvalue weighted by molar-refractivity contribution is -0.125. The maximum Gasteiger partial charge on any atom is 0.342 e. The lowest BCUT2D eigenvalue weighted by Gasteiger charge is -2.15. The van der Waals surface area contributed by atoms with Crippen molar-refractivity contribution in [3.8, 4) is 5.75 Å². The number of hydrogen-bond acceptors (Lipinski definition) is 6. The molecule has 162 valence electrons. The molecule has 1 amide bonds. The van der Waals surface area contributed by atoms with Gasteiger partial charge in [0.15, 0.2) is 12.4 Å². The molecule has 0 saturated carbocycles. The second-order valence-corrected chi connectivity index (χ2v) is 8.47. The van der Waals surface area contributed by atoms with Crippen molar-refractivity contribution < 1.29 is 26.9 Å². The molecule has 2 rings (SSSR count). The third-order valence-electron chi connectivity index (χ3n) is 4.60. The third kappa shape index (κ3) is 6.06. The van der Waals surface area contributed by atoms with Gasteiger partial charge in [0.2, 0.25) is 0 Å². The second-order valence-electron chi connectivity index (χ2n) is 6.96. The highest BCUT2D eigenvalue weighted by molar-refractivity contribution is 7.87. The molecule has 0 aromatic heterocycles. The highest BCUT2D eigenvalue weighted by atomic mass is 32.2. The number of rotatable bonds is 9. The van der Waals surface area contributed by atoms with Gasteiger partial charge in [0, 0.05) is 6.04 Å². The van der Waals surface area contributed by atoms with E-state index in [0.717, 1.165) is 18.4 Å². The molecule has 0 aliphatic heterocycles. The molecule has 30 heavy (non-hydrogen) atoms. The Morgan fingerprint density at radius 3 is 2.37 bits per heavy atom. The van der Waals surface area contributed by atoms with E-state index in [2.05, 4.69) is 5.32 Å². The monoisotopic (exact) mass is 433 g/mol. The Kier molecular flexibility index (Phi) is 8.00. The molecule has 0 bridgehead atoms. The van der Waals surface area contributed by atoms with Gasteiger partial charge in [0.25, 0.3) is 5.91 Å². The molecule has 0 spiro atoms. The quantitative estimate of drug-likeness (QED) is 0.480. The van der Waals surface area contributed by atoms with Crippen molar-refractivity contribution in [3.63, 3.8) is 0 Å². The molecule has 2 aromatic rings. The van der Waals surface area contributed by atoms with Crippen LogP contribution in [0.15, 0.2) is 47.4 Å². The average molecular weight is 434 g/mol. The van der Waals surface area contributed by atoms with Gasteiger partial charge < -0.3 is 14.2 Å². The van der Waals surface area contributed by atoms with E-state index in [1.165, 1.54) is 18.2 Å². The average Bonchev–Trinajstić information content (AvgIpc) is 2.72. The molecular weight excluding hydrogens is 406 g/mol. The molecule has 0 heterocycles. The minimum absolute atomic E-state index is 0.00883. The van der Waals surface area contributed by atoms with E-state index in [4.69, 9.17) is 8.92 Å². The molecule has 0 aliphatic carbocycles. The Bertz CT molecular complexity index is 1010. The highest BCUT2D eigenvalue weighted by Crippen LogP contribution is 2.25. The number of nitrogens with one attached hydrogen (secondary N) is 1. The predicted octanol–water partition coefficient (Wildman–Crippen LogP) is 3.53. The maximum absolute atomic E-state index is 12.8. The van der Waals surface area contributed by atoms with Crippen molar-refractivity contribution in [1.82, 2.24) is 5.32 Å². The zero-order chi connectivity index (χ0) is 22.3. The third-order valence-corrected chi connectivity index (χ3v) is 5.98. The predicted molar refractivity (Wildman–Crippen MR) is 113 cm³/mol. The van der Waals surface area contributed by atoms with Crippen molar-refractivity contribution in [1.29, 1.82) is 0 Å². The molecule has 0 radical (unpaired) electrons. The molecule has 0 aliphatic rings. The number of aryl methyl sites for hydroxylation is 2. The number of carbonyl (C=O) groups is 2. The largest absolute Gasteiger partial charge is 0.452 e. The summed E-state index contributed by atoms with van der Waals surface area (Å²) in [6.45, 7) is 6.87. The second kappa shape index (κ2) is 10.2. The molecule has 0 fully saturated rings. The Morgan fingerprint density at radius 1 is 1.03 bits per heavy atom. The SMILES string of the molecule is CCC(CC)NC(=O)COC(=O)c1ccccc1OS(=O)(=O)c1cc(C)ccc1C. The summed E-state index contributed by atoms with van der Waals surface area (Å²) in [7, 11) is -4.16. The van der Waals surface area contributed by atoms with Crippen molar-refractivity contribution in [2.24, 2.45) is 0 Å². The van der Waals surface area contributed by atoms with Gasteiger partial charge in [-0.05, 0) is 56.0 Å². The number of para-hydroxylation sites is 1. The topological polar surface area (TPSA) is 98.8 Å². The van der Waals surface area contributed by atoms with Crippen LogP contribution in [0, 0.1) is 13.8 Å². The summed E-state index contributed by atoms with van der Waals surface area (Å²) in [6, 6.07) is 10.8. The summed E-state index contributed by atoms with van der Waals surface area (Å²) in [6.07, 6.45) is 1.53. The minimum atomic E-state index is -4.16. The van der Waals surface area contributed by atoms with E-state index in [9.17, 15) is 18.0 Å². The number of benzene rings is 2. The minimum Gasteiger partial charge on any atom is -0.452 e. The van der Waals surface area contributed by atoms with Crippen LogP contribution in [0.2, 0.25) is 0 Å². The number of hydrogen-bond donors (Lipinski definition) is 1. The number of amides is 1. The van der Waals surface area contributed by atoms with Crippen LogP contribution < -0.4 is 9.50 Å². The lowest BCUT2D eigenvalue weighted by Crippen LogP contribution is -2.36.